The van der Waals surface area contributed by atoms with Crippen molar-refractivity contribution in [2.24, 2.45) is 0 Å². The van der Waals surface area contributed by atoms with Gasteiger partial charge in [-0.15, -0.1) is 10.1 Å². The number of rotatable bonds is 2. The van der Waals surface area contributed by atoms with Gasteiger partial charge in [0.2, 0.25) is 0 Å². The van der Waals surface area contributed by atoms with E-state index in [1.807, 2.05) is 0 Å². The number of para-hydroxylation sites is 1. The molecule has 6 heteroatoms. The summed E-state index contributed by atoms with van der Waals surface area (Å²) in [7, 11) is 0. The van der Waals surface area contributed by atoms with Gasteiger partial charge in [0.05, 0.1) is 0 Å². The first-order chi connectivity index (χ1) is 7.16. The van der Waals surface area contributed by atoms with Crippen molar-refractivity contribution >= 4 is 0 Å². The van der Waals surface area contributed by atoms with Crippen molar-refractivity contribution < 1.29 is 19.8 Å². The van der Waals surface area contributed by atoms with Crippen molar-refractivity contribution in [3.63, 3.8) is 0 Å². The molecule has 80 valence electrons. The molecule has 1 atom stereocenters. The predicted molar refractivity (Wildman–Crippen MR) is 49.2 cm³/mol. The van der Waals surface area contributed by atoms with Crippen LogP contribution in [-0.2, 0) is 11.3 Å². The van der Waals surface area contributed by atoms with E-state index in [-0.39, 0.29) is 12.4 Å². The van der Waals surface area contributed by atoms with E-state index in [0.29, 0.717) is 17.7 Å². The van der Waals surface area contributed by atoms with E-state index >= 15 is 0 Å². The lowest BCUT2D eigenvalue weighted by atomic mass is 10.0. The van der Waals surface area contributed by atoms with Crippen molar-refractivity contribution in [2.75, 3.05) is 6.61 Å². The predicted octanol–water partition coefficient (Wildman–Crippen LogP) is 0.904. The molecule has 2 rings (SSSR count). The molecule has 0 amide bonds. The molecule has 1 N–H and O–H groups in total. The van der Waals surface area contributed by atoms with Crippen LogP contribution < -0.4 is 4.74 Å². The molecule has 0 aliphatic carbocycles. The Morgan fingerprint density at radius 3 is 3.13 bits per heavy atom. The van der Waals surface area contributed by atoms with Gasteiger partial charge in [0.1, 0.15) is 12.7 Å². The minimum absolute atomic E-state index is 0.0482. The second-order valence-electron chi connectivity index (χ2n) is 3.23. The maximum atomic E-state index is 10.1. The van der Waals surface area contributed by atoms with Crippen LogP contribution in [0.15, 0.2) is 18.2 Å². The van der Waals surface area contributed by atoms with Gasteiger partial charge in [0.25, 0.3) is 5.09 Å². The van der Waals surface area contributed by atoms with Crippen LogP contribution in [0.25, 0.3) is 0 Å². The topological polar surface area (TPSA) is 81.8 Å². The summed E-state index contributed by atoms with van der Waals surface area (Å²) in [4.78, 5) is 14.5. The molecule has 6 nitrogen and oxygen atoms in total. The number of hydrogen-bond acceptors (Lipinski definition) is 5. The van der Waals surface area contributed by atoms with Gasteiger partial charge in [-0.05, 0) is 6.07 Å². The number of nitrogens with zero attached hydrogens (tertiary/aromatic N) is 1. The third-order valence-corrected chi connectivity index (χ3v) is 2.17. The van der Waals surface area contributed by atoms with E-state index in [0.717, 1.165) is 0 Å². The highest BCUT2D eigenvalue weighted by molar-refractivity contribution is 5.46. The molecule has 1 heterocycles. The van der Waals surface area contributed by atoms with Crippen molar-refractivity contribution in [1.82, 2.24) is 0 Å². The van der Waals surface area contributed by atoms with Crippen LogP contribution in [0.3, 0.4) is 0 Å². The van der Waals surface area contributed by atoms with Gasteiger partial charge in [-0.1, -0.05) is 12.1 Å². The minimum atomic E-state index is -0.832. The number of ether oxygens (including phenoxy) is 1. The number of aromatic hydroxyl groups is 1. The van der Waals surface area contributed by atoms with Crippen LogP contribution >= 0.6 is 0 Å². The van der Waals surface area contributed by atoms with Crippen LogP contribution in [0, 0.1) is 10.1 Å². The van der Waals surface area contributed by atoms with E-state index in [4.69, 9.17) is 4.74 Å². The van der Waals surface area contributed by atoms with E-state index < -0.39 is 11.2 Å². The number of phenols is 1. The first-order valence-corrected chi connectivity index (χ1v) is 4.41. The summed E-state index contributed by atoms with van der Waals surface area (Å²) < 4.78 is 5.19. The van der Waals surface area contributed by atoms with Gasteiger partial charge >= 0.3 is 0 Å². The Balaban J connectivity index is 2.17. The lowest BCUT2D eigenvalue weighted by Crippen LogP contribution is -2.30. The van der Waals surface area contributed by atoms with Gasteiger partial charge in [-0.25, -0.2) is 0 Å². The van der Waals surface area contributed by atoms with Gasteiger partial charge in [0.15, 0.2) is 11.5 Å². The molecule has 15 heavy (non-hydrogen) atoms. The molecular weight excluding hydrogens is 202 g/mol. The first kappa shape index (κ1) is 9.57. The standard InChI is InChI=1S/C9H9NO5/c11-8-3-1-2-6-4-7(15-10(12)13)5-14-9(6)8/h1-3,7,11H,4-5H2. The summed E-state index contributed by atoms with van der Waals surface area (Å²) in [6.45, 7) is 0.0750. The zero-order chi connectivity index (χ0) is 10.8. The molecule has 0 fully saturated rings. The summed E-state index contributed by atoms with van der Waals surface area (Å²) in [6, 6.07) is 4.91. The third kappa shape index (κ3) is 1.93. The average Bonchev–Trinajstić information content (AvgIpc) is 2.17. The molecule has 1 aliphatic rings. The SMILES string of the molecule is O=[N+]([O-])OC1COc2c(O)cccc2C1. The van der Waals surface area contributed by atoms with E-state index in [2.05, 4.69) is 4.84 Å². The van der Waals surface area contributed by atoms with Crippen LogP contribution in [0.1, 0.15) is 5.56 Å². The largest absolute Gasteiger partial charge is 0.504 e. The molecule has 1 aromatic carbocycles. The lowest BCUT2D eigenvalue weighted by molar-refractivity contribution is -0.769. The normalized spacial score (nSPS) is 18.8. The monoisotopic (exact) mass is 211 g/mol. The molecule has 1 aromatic rings. The lowest BCUT2D eigenvalue weighted by Gasteiger charge is -2.23. The number of phenolic OH excluding ortho intramolecular Hbond substituents is 1. The summed E-state index contributed by atoms with van der Waals surface area (Å²) in [5.74, 6) is 0.438. The number of fused-ring (bicyclic) bond motifs is 1. The van der Waals surface area contributed by atoms with E-state index in [9.17, 15) is 15.2 Å². The summed E-state index contributed by atoms with van der Waals surface area (Å²) in [6.07, 6.45) is -0.237. The van der Waals surface area contributed by atoms with Crippen LogP contribution in [0.4, 0.5) is 0 Å². The Labute approximate surface area is 85.1 Å². The molecule has 0 bridgehead atoms. The smallest absolute Gasteiger partial charge is 0.294 e. The highest BCUT2D eigenvalue weighted by Gasteiger charge is 2.24. The summed E-state index contributed by atoms with van der Waals surface area (Å²) >= 11 is 0. The maximum Gasteiger partial charge on any atom is 0.294 e. The Bertz CT molecular complexity index is 392. The van der Waals surface area contributed by atoms with Gasteiger partial charge in [-0.3, -0.25) is 0 Å². The maximum absolute atomic E-state index is 10.1. The highest BCUT2D eigenvalue weighted by atomic mass is 17.0. The fourth-order valence-corrected chi connectivity index (χ4v) is 1.57. The van der Waals surface area contributed by atoms with Crippen molar-refractivity contribution in [3.8, 4) is 11.5 Å². The average molecular weight is 211 g/mol. The van der Waals surface area contributed by atoms with Gasteiger partial charge in [0, 0.05) is 12.0 Å². The van der Waals surface area contributed by atoms with Crippen LogP contribution in [0.5, 0.6) is 11.5 Å². The van der Waals surface area contributed by atoms with E-state index in [1.54, 1.807) is 12.1 Å². The molecule has 0 radical (unpaired) electrons. The third-order valence-electron chi connectivity index (χ3n) is 2.17. The van der Waals surface area contributed by atoms with Crippen LogP contribution in [-0.4, -0.2) is 22.9 Å². The van der Waals surface area contributed by atoms with Crippen molar-refractivity contribution in [2.45, 2.75) is 12.5 Å². The number of benzene rings is 1. The molecule has 0 saturated heterocycles. The summed E-state index contributed by atoms with van der Waals surface area (Å²) in [5.41, 5.74) is 0.716. The zero-order valence-electron chi connectivity index (χ0n) is 7.75. The Kier molecular flexibility index (Phi) is 2.32. The highest BCUT2D eigenvalue weighted by Crippen LogP contribution is 2.34. The van der Waals surface area contributed by atoms with Gasteiger partial charge in [-0.2, -0.15) is 0 Å². The fraction of sp³-hybridized carbons (Fsp3) is 0.333. The number of hydrogen-bond donors (Lipinski definition) is 1. The Morgan fingerprint density at radius 2 is 2.40 bits per heavy atom. The Hall–Kier alpha value is -1.98. The summed E-state index contributed by atoms with van der Waals surface area (Å²) in [5, 5.41) is 18.7. The molecule has 0 aromatic heterocycles. The second kappa shape index (κ2) is 3.64. The first-order valence-electron chi connectivity index (χ1n) is 4.41. The molecule has 0 saturated carbocycles. The Morgan fingerprint density at radius 1 is 1.60 bits per heavy atom. The van der Waals surface area contributed by atoms with Crippen molar-refractivity contribution in [3.05, 3.63) is 33.9 Å². The van der Waals surface area contributed by atoms with Crippen molar-refractivity contribution in [1.29, 1.82) is 0 Å². The molecule has 1 aliphatic heterocycles. The van der Waals surface area contributed by atoms with Crippen LogP contribution in [0.2, 0.25) is 0 Å². The van der Waals surface area contributed by atoms with Gasteiger partial charge < -0.3 is 14.7 Å². The molecular formula is C9H9NO5. The quantitative estimate of drug-likeness (QED) is 0.580. The molecule has 1 unspecified atom stereocenters. The van der Waals surface area contributed by atoms with E-state index in [1.165, 1.54) is 6.07 Å². The second-order valence-corrected chi connectivity index (χ2v) is 3.23. The fourth-order valence-electron chi connectivity index (χ4n) is 1.57. The molecule has 0 spiro atoms. The minimum Gasteiger partial charge on any atom is -0.504 e. The zero-order valence-corrected chi connectivity index (χ0v) is 7.75.